The van der Waals surface area contributed by atoms with E-state index in [2.05, 4.69) is 10.1 Å². The molecule has 2 fully saturated rings. The molecule has 2 aliphatic rings. The van der Waals surface area contributed by atoms with Crippen molar-refractivity contribution >= 4 is 17.2 Å². The van der Waals surface area contributed by atoms with Crippen LogP contribution in [0.4, 0.5) is 0 Å². The Kier molecular flexibility index (Phi) is 4.16. The molecule has 1 saturated heterocycles. The van der Waals surface area contributed by atoms with E-state index >= 15 is 0 Å². The van der Waals surface area contributed by atoms with Crippen LogP contribution >= 0.6 is 11.3 Å². The number of para-hydroxylation sites is 1. The molecule has 5 rings (SSSR count). The summed E-state index contributed by atoms with van der Waals surface area (Å²) >= 11 is 1.61. The predicted molar refractivity (Wildman–Crippen MR) is 101 cm³/mol. The number of rotatable bonds is 6. The Morgan fingerprint density at radius 3 is 2.89 bits per heavy atom. The Bertz CT molecular complexity index is 943. The van der Waals surface area contributed by atoms with Crippen LogP contribution in [0.1, 0.15) is 30.1 Å². The highest BCUT2D eigenvalue weighted by molar-refractivity contribution is 7.08. The van der Waals surface area contributed by atoms with E-state index in [1.807, 2.05) is 46.0 Å². The lowest BCUT2D eigenvalue weighted by molar-refractivity contribution is -0.139. The van der Waals surface area contributed by atoms with Crippen molar-refractivity contribution in [2.45, 2.75) is 31.3 Å². The Morgan fingerprint density at radius 1 is 1.26 bits per heavy atom. The van der Waals surface area contributed by atoms with Gasteiger partial charge < -0.3 is 14.2 Å². The third kappa shape index (κ3) is 3.47. The highest BCUT2D eigenvalue weighted by atomic mass is 32.1. The minimum Gasteiger partial charge on any atom is -0.486 e. The number of benzene rings is 1. The number of nitrogens with zero attached hydrogens (tertiary/aromatic N) is 3. The number of thiophene rings is 1. The average molecular weight is 381 g/mol. The van der Waals surface area contributed by atoms with Crippen LogP contribution in [0.2, 0.25) is 0 Å². The maximum atomic E-state index is 12.3. The minimum atomic E-state index is -0.0107. The van der Waals surface area contributed by atoms with Crippen LogP contribution in [0.5, 0.6) is 5.75 Å². The molecule has 6 nitrogen and oxygen atoms in total. The van der Waals surface area contributed by atoms with Gasteiger partial charge in [0.1, 0.15) is 11.9 Å². The molecule has 138 valence electrons. The number of carbonyl (C=O) groups is 1. The van der Waals surface area contributed by atoms with Gasteiger partial charge in [-0.05, 0) is 47.4 Å². The summed E-state index contributed by atoms with van der Waals surface area (Å²) < 4.78 is 11.6. The summed E-state index contributed by atoms with van der Waals surface area (Å²) in [5.74, 6) is 2.60. The highest BCUT2D eigenvalue weighted by Crippen LogP contribution is 2.39. The molecular weight excluding hydrogens is 362 g/mol. The van der Waals surface area contributed by atoms with Gasteiger partial charge in [-0.1, -0.05) is 17.3 Å². The summed E-state index contributed by atoms with van der Waals surface area (Å²) in [7, 11) is 0. The molecule has 1 aliphatic carbocycles. The van der Waals surface area contributed by atoms with Crippen LogP contribution in [0.15, 0.2) is 45.6 Å². The van der Waals surface area contributed by atoms with Gasteiger partial charge in [0.15, 0.2) is 5.82 Å². The van der Waals surface area contributed by atoms with E-state index in [0.717, 1.165) is 35.5 Å². The normalized spacial score (nSPS) is 17.0. The number of carbonyl (C=O) groups excluding carboxylic acids is 1. The van der Waals surface area contributed by atoms with Crippen molar-refractivity contribution in [1.82, 2.24) is 15.0 Å². The highest BCUT2D eigenvalue weighted by Gasteiger charge is 2.33. The number of hydrogen-bond acceptors (Lipinski definition) is 6. The van der Waals surface area contributed by atoms with Crippen LogP contribution in [0, 0.1) is 0 Å². The van der Waals surface area contributed by atoms with Crippen molar-refractivity contribution < 1.29 is 14.1 Å². The van der Waals surface area contributed by atoms with Gasteiger partial charge >= 0.3 is 0 Å². The number of ether oxygens (including phenoxy) is 1. The molecule has 1 aromatic carbocycles. The molecule has 0 unspecified atom stereocenters. The molecule has 3 heterocycles. The largest absolute Gasteiger partial charge is 0.486 e. The van der Waals surface area contributed by atoms with E-state index in [4.69, 9.17) is 9.26 Å². The second-order valence-electron chi connectivity index (χ2n) is 7.08. The topological polar surface area (TPSA) is 68.5 Å². The molecule has 2 aromatic heterocycles. The molecule has 7 heteroatoms. The quantitative estimate of drug-likeness (QED) is 0.654. The van der Waals surface area contributed by atoms with E-state index < -0.39 is 0 Å². The summed E-state index contributed by atoms with van der Waals surface area (Å²) in [5, 5.41) is 8.10. The summed E-state index contributed by atoms with van der Waals surface area (Å²) in [6, 6.07) is 9.69. The lowest BCUT2D eigenvalue weighted by Crippen LogP contribution is -2.56. The molecule has 0 atom stereocenters. The van der Waals surface area contributed by atoms with Crippen molar-refractivity contribution in [1.29, 1.82) is 0 Å². The van der Waals surface area contributed by atoms with E-state index in [1.165, 1.54) is 0 Å². The second kappa shape index (κ2) is 6.81. The molecule has 3 aromatic rings. The van der Waals surface area contributed by atoms with Gasteiger partial charge in [-0.15, -0.1) is 0 Å². The van der Waals surface area contributed by atoms with Crippen molar-refractivity contribution in [2.75, 3.05) is 13.1 Å². The second-order valence-corrected chi connectivity index (χ2v) is 7.86. The zero-order valence-electron chi connectivity index (χ0n) is 14.7. The monoisotopic (exact) mass is 381 g/mol. The lowest BCUT2D eigenvalue weighted by atomic mass is 10.1. The van der Waals surface area contributed by atoms with Gasteiger partial charge in [-0.25, -0.2) is 0 Å². The smallest absolute Gasteiger partial charge is 0.261 e. The van der Waals surface area contributed by atoms with Crippen molar-refractivity contribution in [3.8, 4) is 17.2 Å². The fourth-order valence-electron chi connectivity index (χ4n) is 3.17. The van der Waals surface area contributed by atoms with Crippen LogP contribution in [0.3, 0.4) is 0 Å². The van der Waals surface area contributed by atoms with Crippen molar-refractivity contribution in [3.05, 3.63) is 52.5 Å². The molecule has 0 radical (unpaired) electrons. The average Bonchev–Trinajstić information content (AvgIpc) is 3.15. The summed E-state index contributed by atoms with van der Waals surface area (Å²) in [6.45, 7) is 1.21. The third-order valence-corrected chi connectivity index (χ3v) is 5.66. The van der Waals surface area contributed by atoms with Gasteiger partial charge in [0.05, 0.1) is 25.1 Å². The maximum absolute atomic E-state index is 12.3. The maximum Gasteiger partial charge on any atom is 0.261 e. The van der Waals surface area contributed by atoms with Gasteiger partial charge in [-0.3, -0.25) is 4.79 Å². The van der Waals surface area contributed by atoms with E-state index in [9.17, 15) is 4.79 Å². The number of likely N-dealkylation sites (tertiary alicyclic amines) is 1. The van der Waals surface area contributed by atoms with Gasteiger partial charge in [0.2, 0.25) is 5.91 Å². The molecule has 0 bridgehead atoms. The summed E-state index contributed by atoms with van der Waals surface area (Å²) in [6.07, 6.45) is 2.71. The first-order chi connectivity index (χ1) is 13.3. The number of hydrogen-bond donors (Lipinski definition) is 0. The van der Waals surface area contributed by atoms with Crippen LogP contribution in [-0.2, 0) is 11.2 Å². The summed E-state index contributed by atoms with van der Waals surface area (Å²) in [5.41, 5.74) is 1.88. The first kappa shape index (κ1) is 16.5. The van der Waals surface area contributed by atoms with Gasteiger partial charge in [0, 0.05) is 5.92 Å². The summed E-state index contributed by atoms with van der Waals surface area (Å²) in [4.78, 5) is 18.6. The number of aromatic nitrogens is 2. The van der Waals surface area contributed by atoms with E-state index in [1.54, 1.807) is 11.3 Å². The van der Waals surface area contributed by atoms with Crippen molar-refractivity contribution in [2.24, 2.45) is 0 Å². The van der Waals surface area contributed by atoms with Crippen LogP contribution in [0.25, 0.3) is 11.5 Å². The molecule has 1 amide bonds. The lowest BCUT2D eigenvalue weighted by Gasteiger charge is -2.39. The Morgan fingerprint density at radius 2 is 2.11 bits per heavy atom. The van der Waals surface area contributed by atoms with Crippen LogP contribution < -0.4 is 4.74 Å². The zero-order chi connectivity index (χ0) is 18.2. The zero-order valence-corrected chi connectivity index (χ0v) is 15.5. The number of amides is 1. The fraction of sp³-hybridized carbons (Fsp3) is 0.350. The Balaban J connectivity index is 1.22. The molecule has 0 spiro atoms. The van der Waals surface area contributed by atoms with Gasteiger partial charge in [-0.2, -0.15) is 16.3 Å². The molecule has 27 heavy (non-hydrogen) atoms. The first-order valence-electron chi connectivity index (χ1n) is 9.15. The van der Waals surface area contributed by atoms with Gasteiger partial charge in [0.25, 0.3) is 5.89 Å². The van der Waals surface area contributed by atoms with E-state index in [-0.39, 0.29) is 12.0 Å². The fourth-order valence-corrected chi connectivity index (χ4v) is 3.84. The van der Waals surface area contributed by atoms with Crippen LogP contribution in [-0.4, -0.2) is 40.1 Å². The Hall–Kier alpha value is -2.67. The molecule has 1 aliphatic heterocycles. The Labute approximate surface area is 160 Å². The van der Waals surface area contributed by atoms with Crippen molar-refractivity contribution in [3.63, 3.8) is 0 Å². The molecule has 0 N–H and O–H groups in total. The minimum absolute atomic E-state index is 0.0107. The molecular formula is C20H19N3O3S. The first-order valence-corrected chi connectivity index (χ1v) is 10.1. The third-order valence-electron chi connectivity index (χ3n) is 4.93. The molecule has 1 saturated carbocycles. The SMILES string of the molecule is O=C(Cc1ccsc1)N1CC(Oc2ccccc2-c2nc(C3CC3)no2)C1. The van der Waals surface area contributed by atoms with E-state index in [0.29, 0.717) is 31.3 Å². The standard InChI is InChI=1S/C20H19N3O3S/c24-18(9-13-7-8-27-12-13)23-10-15(11-23)25-17-4-2-1-3-16(17)20-21-19(22-26-20)14-5-6-14/h1-4,7-8,12,14-15H,5-6,9-11H2. The predicted octanol–water partition coefficient (Wildman–Crippen LogP) is 3.51.